The van der Waals surface area contributed by atoms with Crippen molar-refractivity contribution in [3.63, 3.8) is 0 Å². The number of hydrogen-bond donors (Lipinski definition) is 2. The average Bonchev–Trinajstić information content (AvgIpc) is 2.66. The Labute approximate surface area is 82.8 Å². The second-order valence-electron chi connectivity index (χ2n) is 2.97. The Morgan fingerprint density at radius 1 is 1.86 bits per heavy atom. The normalized spacial score (nSPS) is 12.1. The number of nitrogens with one attached hydrogen (secondary N) is 1. The van der Waals surface area contributed by atoms with E-state index in [1.807, 2.05) is 0 Å². The van der Waals surface area contributed by atoms with Crippen molar-refractivity contribution in [3.8, 4) is 0 Å². The van der Waals surface area contributed by atoms with Crippen LogP contribution in [0.5, 0.6) is 0 Å². The molecule has 0 fully saturated rings. The highest BCUT2D eigenvalue weighted by molar-refractivity contribution is 5.87. The molecule has 0 unspecified atom stereocenters. The molecule has 3 N–H and O–H groups in total. The molecule has 0 saturated carbocycles. The van der Waals surface area contributed by atoms with Crippen LogP contribution in [-0.4, -0.2) is 18.1 Å². The van der Waals surface area contributed by atoms with E-state index in [9.17, 15) is 4.79 Å². The number of ether oxygens (including phenoxy) is 1. The van der Waals surface area contributed by atoms with E-state index in [2.05, 4.69) is 16.3 Å². The van der Waals surface area contributed by atoms with Gasteiger partial charge < -0.3 is 15.5 Å². The summed E-state index contributed by atoms with van der Waals surface area (Å²) in [7, 11) is 1.34. The minimum atomic E-state index is -0.387. The summed E-state index contributed by atoms with van der Waals surface area (Å²) < 4.78 is 4.56. The van der Waals surface area contributed by atoms with Crippen LogP contribution in [0.3, 0.4) is 0 Å². The number of hydrogen-bond acceptors (Lipinski definition) is 3. The summed E-state index contributed by atoms with van der Waals surface area (Å²) >= 11 is 0. The Balaban J connectivity index is 2.76. The molecule has 1 rings (SSSR count). The molecule has 4 heteroatoms. The van der Waals surface area contributed by atoms with E-state index in [1.54, 1.807) is 18.3 Å². The predicted octanol–water partition coefficient (Wildman–Crippen LogP) is 1.38. The molecule has 0 spiro atoms. The fraction of sp³-hybridized carbons (Fsp3) is 0.300. The van der Waals surface area contributed by atoms with Crippen molar-refractivity contribution in [1.82, 2.24) is 4.98 Å². The van der Waals surface area contributed by atoms with Gasteiger partial charge in [-0.1, -0.05) is 6.08 Å². The maximum absolute atomic E-state index is 11.1. The number of esters is 1. The zero-order valence-corrected chi connectivity index (χ0v) is 8.12. The minimum Gasteiger partial charge on any atom is -0.464 e. The van der Waals surface area contributed by atoms with Crippen LogP contribution in [0, 0.1) is 0 Å². The summed E-state index contributed by atoms with van der Waals surface area (Å²) in [6.07, 6.45) is 4.13. The van der Waals surface area contributed by atoms with Crippen molar-refractivity contribution in [2.45, 2.75) is 12.5 Å². The fourth-order valence-corrected chi connectivity index (χ4v) is 1.17. The lowest BCUT2D eigenvalue weighted by Crippen LogP contribution is -2.07. The molecule has 0 amide bonds. The van der Waals surface area contributed by atoms with Crippen molar-refractivity contribution < 1.29 is 9.53 Å². The largest absolute Gasteiger partial charge is 0.464 e. The van der Waals surface area contributed by atoms with Gasteiger partial charge in [-0.3, -0.25) is 0 Å². The van der Waals surface area contributed by atoms with Crippen molar-refractivity contribution >= 4 is 5.97 Å². The van der Waals surface area contributed by atoms with Gasteiger partial charge >= 0.3 is 5.97 Å². The molecule has 0 radical (unpaired) electrons. The summed E-state index contributed by atoms with van der Waals surface area (Å²) in [4.78, 5) is 13.9. The Morgan fingerprint density at radius 3 is 3.14 bits per heavy atom. The van der Waals surface area contributed by atoms with Crippen LogP contribution in [0.4, 0.5) is 0 Å². The standard InChI is InChI=1S/C10H14N2O2/c1-3-4-8(11)7-5-9(12-6-7)10(13)14-2/h3,5-6,8,12H,1,4,11H2,2H3/t8-/m1/s1. The van der Waals surface area contributed by atoms with E-state index in [0.29, 0.717) is 12.1 Å². The van der Waals surface area contributed by atoms with Crippen LogP contribution < -0.4 is 5.73 Å². The van der Waals surface area contributed by atoms with E-state index in [1.165, 1.54) is 7.11 Å². The highest BCUT2D eigenvalue weighted by atomic mass is 16.5. The van der Waals surface area contributed by atoms with Crippen LogP contribution in [0.1, 0.15) is 28.5 Å². The lowest BCUT2D eigenvalue weighted by atomic mass is 10.1. The van der Waals surface area contributed by atoms with Crippen molar-refractivity contribution in [3.05, 3.63) is 36.2 Å². The van der Waals surface area contributed by atoms with Crippen molar-refractivity contribution in [2.24, 2.45) is 5.73 Å². The first kappa shape index (κ1) is 10.5. The Morgan fingerprint density at radius 2 is 2.57 bits per heavy atom. The van der Waals surface area contributed by atoms with Gasteiger partial charge in [0.15, 0.2) is 0 Å². The topological polar surface area (TPSA) is 68.1 Å². The highest BCUT2D eigenvalue weighted by Gasteiger charge is 2.11. The summed E-state index contributed by atoms with van der Waals surface area (Å²) in [5.41, 5.74) is 7.12. The van der Waals surface area contributed by atoms with E-state index in [0.717, 1.165) is 5.56 Å². The van der Waals surface area contributed by atoms with Gasteiger partial charge in [0.1, 0.15) is 5.69 Å². The number of aromatic amines is 1. The maximum atomic E-state index is 11.1. The number of nitrogens with two attached hydrogens (primary N) is 1. The van der Waals surface area contributed by atoms with Gasteiger partial charge in [-0.25, -0.2) is 4.79 Å². The van der Waals surface area contributed by atoms with Gasteiger partial charge in [0.25, 0.3) is 0 Å². The summed E-state index contributed by atoms with van der Waals surface area (Å²) in [5.74, 6) is -0.387. The summed E-state index contributed by atoms with van der Waals surface area (Å²) in [6, 6.07) is 1.57. The molecule has 0 aliphatic carbocycles. The fourth-order valence-electron chi connectivity index (χ4n) is 1.17. The second-order valence-corrected chi connectivity index (χ2v) is 2.97. The predicted molar refractivity (Wildman–Crippen MR) is 53.9 cm³/mol. The van der Waals surface area contributed by atoms with E-state index in [-0.39, 0.29) is 12.0 Å². The zero-order chi connectivity index (χ0) is 10.6. The highest BCUT2D eigenvalue weighted by Crippen LogP contribution is 2.15. The quantitative estimate of drug-likeness (QED) is 0.562. The van der Waals surface area contributed by atoms with Crippen LogP contribution in [0.2, 0.25) is 0 Å². The van der Waals surface area contributed by atoms with Gasteiger partial charge in [-0.15, -0.1) is 6.58 Å². The Hall–Kier alpha value is -1.55. The van der Waals surface area contributed by atoms with Gasteiger partial charge in [0.2, 0.25) is 0 Å². The minimum absolute atomic E-state index is 0.123. The van der Waals surface area contributed by atoms with Crippen molar-refractivity contribution in [2.75, 3.05) is 7.11 Å². The van der Waals surface area contributed by atoms with Gasteiger partial charge in [0, 0.05) is 12.2 Å². The molecule has 0 aliphatic heterocycles. The average molecular weight is 194 g/mol. The Bertz CT molecular complexity index is 331. The van der Waals surface area contributed by atoms with Gasteiger partial charge in [-0.2, -0.15) is 0 Å². The second kappa shape index (κ2) is 4.62. The lowest BCUT2D eigenvalue weighted by molar-refractivity contribution is 0.0595. The molecule has 14 heavy (non-hydrogen) atoms. The molecule has 4 nitrogen and oxygen atoms in total. The molecule has 1 atom stereocenters. The third-order valence-electron chi connectivity index (χ3n) is 1.96. The molecule has 0 aliphatic rings. The van der Waals surface area contributed by atoms with E-state index < -0.39 is 0 Å². The maximum Gasteiger partial charge on any atom is 0.354 e. The first-order chi connectivity index (χ1) is 6.69. The number of H-pyrrole nitrogens is 1. The van der Waals surface area contributed by atoms with Crippen LogP contribution in [-0.2, 0) is 4.74 Å². The van der Waals surface area contributed by atoms with Crippen LogP contribution in [0.25, 0.3) is 0 Å². The Kier molecular flexibility index (Phi) is 3.48. The van der Waals surface area contributed by atoms with Crippen LogP contribution >= 0.6 is 0 Å². The van der Waals surface area contributed by atoms with E-state index >= 15 is 0 Å². The molecule has 76 valence electrons. The first-order valence-corrected chi connectivity index (χ1v) is 4.32. The number of carbonyl (C=O) groups excluding carboxylic acids is 1. The van der Waals surface area contributed by atoms with E-state index in [4.69, 9.17) is 5.73 Å². The molecular weight excluding hydrogens is 180 g/mol. The smallest absolute Gasteiger partial charge is 0.354 e. The zero-order valence-electron chi connectivity index (χ0n) is 8.12. The summed E-state index contributed by atoms with van der Waals surface area (Å²) in [6.45, 7) is 3.60. The molecule has 1 aromatic heterocycles. The third kappa shape index (κ3) is 2.23. The monoisotopic (exact) mass is 194 g/mol. The first-order valence-electron chi connectivity index (χ1n) is 4.32. The number of carbonyl (C=O) groups is 1. The number of aromatic nitrogens is 1. The van der Waals surface area contributed by atoms with Crippen molar-refractivity contribution in [1.29, 1.82) is 0 Å². The molecule has 0 bridgehead atoms. The summed E-state index contributed by atoms with van der Waals surface area (Å²) in [5, 5.41) is 0. The third-order valence-corrected chi connectivity index (χ3v) is 1.96. The molecule has 1 aromatic rings. The SMILES string of the molecule is C=CC[C@@H](N)c1c[nH]c(C(=O)OC)c1. The molecular formula is C10H14N2O2. The lowest BCUT2D eigenvalue weighted by Gasteiger charge is -2.04. The number of methoxy groups -OCH3 is 1. The van der Waals surface area contributed by atoms with Crippen LogP contribution in [0.15, 0.2) is 24.9 Å². The van der Waals surface area contributed by atoms with Gasteiger partial charge in [0.05, 0.1) is 7.11 Å². The number of rotatable bonds is 4. The van der Waals surface area contributed by atoms with Gasteiger partial charge in [-0.05, 0) is 18.1 Å². The molecule has 0 saturated heterocycles. The molecule has 0 aromatic carbocycles. The molecule has 1 heterocycles.